The average Bonchev–Trinajstić information content (AvgIpc) is 2.59. The lowest BCUT2D eigenvalue weighted by atomic mass is 10.0. The van der Waals surface area contributed by atoms with Gasteiger partial charge in [-0.05, 0) is 37.0 Å². The van der Waals surface area contributed by atoms with Gasteiger partial charge in [0, 0.05) is 25.8 Å². The zero-order valence-corrected chi connectivity index (χ0v) is 17.3. The average molecular weight is 414 g/mol. The van der Waals surface area contributed by atoms with Gasteiger partial charge in [-0.1, -0.05) is 31.4 Å². The molecule has 1 heterocycles. The van der Waals surface area contributed by atoms with Crippen LogP contribution < -0.4 is 0 Å². The van der Waals surface area contributed by atoms with Crippen LogP contribution in [0.25, 0.3) is 0 Å². The van der Waals surface area contributed by atoms with E-state index in [9.17, 15) is 21.6 Å². The van der Waals surface area contributed by atoms with E-state index in [0.29, 0.717) is 25.9 Å². The molecule has 0 unspecified atom stereocenters. The molecule has 150 valence electrons. The van der Waals surface area contributed by atoms with Crippen molar-refractivity contribution in [2.45, 2.75) is 60.3 Å². The second kappa shape index (κ2) is 7.91. The first-order valence-electron chi connectivity index (χ1n) is 9.47. The Bertz CT molecular complexity index is 879. The second-order valence-corrected chi connectivity index (χ2v) is 12.2. The van der Waals surface area contributed by atoms with Crippen molar-refractivity contribution in [3.63, 3.8) is 0 Å². The monoisotopic (exact) mass is 413 g/mol. The van der Waals surface area contributed by atoms with Crippen molar-refractivity contribution < 1.29 is 21.6 Å². The maximum atomic E-state index is 12.6. The Morgan fingerprint density at radius 2 is 1.56 bits per heavy atom. The summed E-state index contributed by atoms with van der Waals surface area (Å²) in [5.74, 6) is -0.0442. The molecule has 27 heavy (non-hydrogen) atoms. The molecule has 1 aromatic rings. The molecule has 0 N–H and O–H groups in total. The highest BCUT2D eigenvalue weighted by atomic mass is 32.2. The van der Waals surface area contributed by atoms with Crippen molar-refractivity contribution in [2.75, 3.05) is 19.3 Å². The fourth-order valence-corrected chi connectivity index (χ4v) is 6.77. The predicted molar refractivity (Wildman–Crippen MR) is 104 cm³/mol. The molecule has 0 bridgehead atoms. The van der Waals surface area contributed by atoms with Crippen molar-refractivity contribution >= 4 is 25.6 Å². The highest BCUT2D eigenvalue weighted by Gasteiger charge is 2.43. The zero-order valence-electron chi connectivity index (χ0n) is 15.6. The van der Waals surface area contributed by atoms with Gasteiger partial charge in [-0.2, -0.15) is 0 Å². The number of aryl methyl sites for hydroxylation is 1. The molecule has 1 aliphatic carbocycles. The van der Waals surface area contributed by atoms with Gasteiger partial charge in [-0.15, -0.1) is 0 Å². The van der Waals surface area contributed by atoms with Crippen LogP contribution in [-0.2, 0) is 30.9 Å². The third kappa shape index (κ3) is 4.71. The molecule has 6 nitrogen and oxygen atoms in total. The van der Waals surface area contributed by atoms with Gasteiger partial charge < -0.3 is 4.90 Å². The predicted octanol–water partition coefficient (Wildman–Crippen LogP) is 1.98. The Morgan fingerprint density at radius 3 is 2.11 bits per heavy atom. The fraction of sp³-hybridized carbons (Fsp3) is 0.632. The van der Waals surface area contributed by atoms with Crippen LogP contribution in [0, 0.1) is 0 Å². The summed E-state index contributed by atoms with van der Waals surface area (Å²) in [4.78, 5) is 14.2. The topological polar surface area (TPSA) is 88.6 Å². The summed E-state index contributed by atoms with van der Waals surface area (Å²) in [5, 5.41) is -0.625. The van der Waals surface area contributed by atoms with Crippen molar-refractivity contribution in [3.05, 3.63) is 29.8 Å². The minimum atomic E-state index is -3.22. The van der Waals surface area contributed by atoms with Crippen LogP contribution in [-0.4, -0.2) is 57.5 Å². The first kappa shape index (κ1) is 20.3. The minimum Gasteiger partial charge on any atom is -0.340 e. The zero-order chi connectivity index (χ0) is 19.7. The Kier molecular flexibility index (Phi) is 5.96. The maximum absolute atomic E-state index is 12.6. The molecule has 1 aromatic carbocycles. The largest absolute Gasteiger partial charge is 0.340 e. The van der Waals surface area contributed by atoms with Gasteiger partial charge in [0.1, 0.15) is 0 Å². The molecule has 0 atom stereocenters. The first-order chi connectivity index (χ1) is 12.7. The number of carbonyl (C=O) groups is 1. The number of carbonyl (C=O) groups excluding carboxylic acids is 1. The molecular weight excluding hydrogens is 386 g/mol. The lowest BCUT2D eigenvalue weighted by Crippen LogP contribution is -2.58. The summed E-state index contributed by atoms with van der Waals surface area (Å²) in [6.45, 7) is 0.620. The molecule has 8 heteroatoms. The second-order valence-electron chi connectivity index (χ2n) is 7.69. The van der Waals surface area contributed by atoms with Gasteiger partial charge in [0.15, 0.2) is 19.7 Å². The van der Waals surface area contributed by atoms with Crippen LogP contribution in [0.3, 0.4) is 0 Å². The standard InChI is InChI=1S/C19H27NO5S2/c1-26(22,23)16-10-7-15(8-11-16)9-12-19(21)20-13-18(14-20)27(24,25)17-5-3-2-4-6-17/h7-8,10-11,17-18H,2-6,9,12-14H2,1H3. The number of likely N-dealkylation sites (tertiary alicyclic amines) is 1. The summed E-state index contributed by atoms with van der Waals surface area (Å²) >= 11 is 0. The van der Waals surface area contributed by atoms with Gasteiger partial charge >= 0.3 is 0 Å². The molecule has 2 fully saturated rings. The van der Waals surface area contributed by atoms with E-state index < -0.39 is 24.9 Å². The van der Waals surface area contributed by atoms with Crippen molar-refractivity contribution in [3.8, 4) is 0 Å². The van der Waals surface area contributed by atoms with Crippen molar-refractivity contribution in [1.82, 2.24) is 4.90 Å². The Hall–Kier alpha value is -1.41. The molecule has 1 aliphatic heterocycles. The Morgan fingerprint density at radius 1 is 0.963 bits per heavy atom. The summed E-state index contributed by atoms with van der Waals surface area (Å²) in [7, 11) is -6.35. The van der Waals surface area contributed by atoms with E-state index in [4.69, 9.17) is 0 Å². The normalized spacial score (nSPS) is 19.7. The molecule has 3 rings (SSSR count). The molecule has 0 radical (unpaired) electrons. The van der Waals surface area contributed by atoms with E-state index in [-0.39, 0.29) is 16.1 Å². The van der Waals surface area contributed by atoms with Crippen LogP contribution in [0.1, 0.15) is 44.1 Å². The van der Waals surface area contributed by atoms with Gasteiger partial charge in [0.25, 0.3) is 0 Å². The van der Waals surface area contributed by atoms with Gasteiger partial charge in [-0.3, -0.25) is 4.79 Å². The van der Waals surface area contributed by atoms with Crippen LogP contribution in [0.4, 0.5) is 0 Å². The lowest BCUT2D eigenvalue weighted by Gasteiger charge is -2.41. The minimum absolute atomic E-state index is 0.0442. The van der Waals surface area contributed by atoms with Crippen LogP contribution in [0.15, 0.2) is 29.2 Å². The lowest BCUT2D eigenvalue weighted by molar-refractivity contribution is -0.134. The molecule has 1 saturated carbocycles. The van der Waals surface area contributed by atoms with Crippen LogP contribution >= 0.6 is 0 Å². The third-order valence-corrected chi connectivity index (χ3v) is 9.42. The van der Waals surface area contributed by atoms with Crippen molar-refractivity contribution in [2.24, 2.45) is 0 Å². The quantitative estimate of drug-likeness (QED) is 0.711. The summed E-state index contributed by atoms with van der Waals surface area (Å²) in [6, 6.07) is 6.53. The van der Waals surface area contributed by atoms with Gasteiger partial charge in [-0.25, -0.2) is 16.8 Å². The Balaban J connectivity index is 1.48. The van der Waals surface area contributed by atoms with E-state index >= 15 is 0 Å². The van der Waals surface area contributed by atoms with E-state index in [1.54, 1.807) is 29.2 Å². The van der Waals surface area contributed by atoms with Gasteiger partial charge in [0.2, 0.25) is 5.91 Å². The van der Waals surface area contributed by atoms with E-state index in [2.05, 4.69) is 0 Å². The number of hydrogen-bond donors (Lipinski definition) is 0. The summed E-state index contributed by atoms with van der Waals surface area (Å²) in [6.07, 6.45) is 6.58. The third-order valence-electron chi connectivity index (χ3n) is 5.66. The van der Waals surface area contributed by atoms with E-state index in [0.717, 1.165) is 43.9 Å². The number of rotatable bonds is 6. The van der Waals surface area contributed by atoms with E-state index in [1.807, 2.05) is 0 Å². The molecule has 0 spiro atoms. The summed E-state index contributed by atoms with van der Waals surface area (Å²) in [5.41, 5.74) is 0.891. The number of hydrogen-bond acceptors (Lipinski definition) is 5. The van der Waals surface area contributed by atoms with E-state index in [1.165, 1.54) is 0 Å². The van der Waals surface area contributed by atoms with Crippen LogP contribution in [0.2, 0.25) is 0 Å². The molecule has 1 amide bonds. The highest BCUT2D eigenvalue weighted by molar-refractivity contribution is 7.92. The Labute approximate surface area is 161 Å². The van der Waals surface area contributed by atoms with Gasteiger partial charge in [0.05, 0.1) is 15.4 Å². The number of sulfone groups is 2. The number of benzene rings is 1. The molecular formula is C19H27NO5S2. The summed E-state index contributed by atoms with van der Waals surface area (Å²) < 4.78 is 48.2. The molecule has 1 saturated heterocycles. The van der Waals surface area contributed by atoms with Crippen LogP contribution in [0.5, 0.6) is 0 Å². The fourth-order valence-electron chi connectivity index (χ4n) is 3.83. The van der Waals surface area contributed by atoms with Crippen molar-refractivity contribution in [1.29, 1.82) is 0 Å². The number of nitrogens with zero attached hydrogens (tertiary/aromatic N) is 1. The molecule has 2 aliphatic rings. The maximum Gasteiger partial charge on any atom is 0.222 e. The molecule has 0 aromatic heterocycles. The number of amides is 1. The smallest absolute Gasteiger partial charge is 0.222 e. The first-order valence-corrected chi connectivity index (χ1v) is 13.0. The highest BCUT2D eigenvalue weighted by Crippen LogP contribution is 2.30. The SMILES string of the molecule is CS(=O)(=O)c1ccc(CCC(=O)N2CC(S(=O)(=O)C3CCCCC3)C2)cc1.